The number of rotatable bonds is 7. The molecule has 0 aliphatic heterocycles. The highest BCUT2D eigenvalue weighted by atomic mass is 16.5. The number of hydrogen-bond acceptors (Lipinski definition) is 4. The van der Waals surface area contributed by atoms with Crippen molar-refractivity contribution in [2.45, 2.75) is 39.8 Å². The molecule has 0 atom stereocenters. The highest BCUT2D eigenvalue weighted by Gasteiger charge is 2.15. The van der Waals surface area contributed by atoms with Crippen LogP contribution in [-0.4, -0.2) is 24.7 Å². The standard InChI is InChI=1S/C15H24N2O3/c1-5-19-12-8-6-7-11(9-17-15(2,3)4)14(12)20-10-13(16)18/h6-8,17H,5,9-10H2,1-4H3,(H2,16,18). The van der Waals surface area contributed by atoms with E-state index in [2.05, 4.69) is 26.1 Å². The fraction of sp³-hybridized carbons (Fsp3) is 0.533. The summed E-state index contributed by atoms with van der Waals surface area (Å²) in [4.78, 5) is 10.9. The van der Waals surface area contributed by atoms with E-state index in [-0.39, 0.29) is 12.1 Å². The van der Waals surface area contributed by atoms with Gasteiger partial charge in [0.25, 0.3) is 5.91 Å². The Morgan fingerprint density at radius 3 is 2.55 bits per heavy atom. The molecule has 0 radical (unpaired) electrons. The fourth-order valence-corrected chi connectivity index (χ4v) is 1.64. The van der Waals surface area contributed by atoms with Crippen molar-refractivity contribution in [1.82, 2.24) is 5.32 Å². The molecule has 1 amide bonds. The van der Waals surface area contributed by atoms with Crippen LogP contribution in [0.25, 0.3) is 0 Å². The number of ether oxygens (including phenoxy) is 2. The van der Waals surface area contributed by atoms with Crippen LogP contribution in [0.4, 0.5) is 0 Å². The van der Waals surface area contributed by atoms with Crippen molar-refractivity contribution >= 4 is 5.91 Å². The Labute approximate surface area is 120 Å². The third kappa shape index (κ3) is 5.48. The van der Waals surface area contributed by atoms with E-state index in [1.165, 1.54) is 0 Å². The number of nitrogens with one attached hydrogen (secondary N) is 1. The smallest absolute Gasteiger partial charge is 0.255 e. The van der Waals surface area contributed by atoms with Crippen LogP contribution >= 0.6 is 0 Å². The Morgan fingerprint density at radius 1 is 1.30 bits per heavy atom. The van der Waals surface area contributed by atoms with Crippen LogP contribution in [-0.2, 0) is 11.3 Å². The minimum Gasteiger partial charge on any atom is -0.490 e. The number of para-hydroxylation sites is 1. The number of carbonyl (C=O) groups is 1. The summed E-state index contributed by atoms with van der Waals surface area (Å²) in [5, 5.41) is 3.38. The summed E-state index contributed by atoms with van der Waals surface area (Å²) in [6.45, 7) is 9.15. The van der Waals surface area contributed by atoms with Gasteiger partial charge in [-0.05, 0) is 33.8 Å². The van der Waals surface area contributed by atoms with Gasteiger partial charge in [0.1, 0.15) is 0 Å². The molecule has 0 spiro atoms. The zero-order valence-corrected chi connectivity index (χ0v) is 12.7. The van der Waals surface area contributed by atoms with Crippen LogP contribution in [0.5, 0.6) is 11.5 Å². The third-order valence-corrected chi connectivity index (χ3v) is 2.53. The van der Waals surface area contributed by atoms with Crippen LogP contribution in [0.1, 0.15) is 33.3 Å². The molecule has 0 unspecified atom stereocenters. The second kappa shape index (κ2) is 7.14. The normalized spacial score (nSPS) is 11.2. The van der Waals surface area contributed by atoms with Gasteiger partial charge in [-0.25, -0.2) is 0 Å². The van der Waals surface area contributed by atoms with Crippen LogP contribution in [0, 0.1) is 0 Å². The SMILES string of the molecule is CCOc1cccc(CNC(C)(C)C)c1OCC(N)=O. The van der Waals surface area contributed by atoms with Crippen LogP contribution in [0.15, 0.2) is 18.2 Å². The molecule has 0 aliphatic rings. The number of amides is 1. The topological polar surface area (TPSA) is 73.6 Å². The van der Waals surface area contributed by atoms with E-state index in [0.717, 1.165) is 5.56 Å². The molecule has 3 N–H and O–H groups in total. The maximum absolute atomic E-state index is 10.9. The second-order valence-corrected chi connectivity index (χ2v) is 5.54. The predicted octanol–water partition coefficient (Wildman–Crippen LogP) is 1.84. The number of benzene rings is 1. The molecule has 0 saturated heterocycles. The summed E-state index contributed by atoms with van der Waals surface area (Å²) in [5.74, 6) is 0.692. The van der Waals surface area contributed by atoms with E-state index in [4.69, 9.17) is 15.2 Å². The average molecular weight is 280 g/mol. The van der Waals surface area contributed by atoms with Crippen LogP contribution in [0.3, 0.4) is 0 Å². The lowest BCUT2D eigenvalue weighted by atomic mass is 10.1. The molecular formula is C15H24N2O3. The molecule has 0 aromatic heterocycles. The molecule has 1 aromatic rings. The summed E-state index contributed by atoms with van der Waals surface area (Å²) in [6.07, 6.45) is 0. The molecular weight excluding hydrogens is 256 g/mol. The minimum absolute atomic E-state index is 0.0113. The molecule has 112 valence electrons. The third-order valence-electron chi connectivity index (χ3n) is 2.53. The minimum atomic E-state index is -0.508. The Balaban J connectivity index is 2.95. The summed E-state index contributed by atoms with van der Waals surface area (Å²) in [5.41, 5.74) is 6.06. The van der Waals surface area contributed by atoms with Gasteiger partial charge in [0.05, 0.1) is 6.61 Å². The molecule has 0 fully saturated rings. The fourth-order valence-electron chi connectivity index (χ4n) is 1.64. The highest BCUT2D eigenvalue weighted by molar-refractivity contribution is 5.75. The van der Waals surface area contributed by atoms with Crippen molar-refractivity contribution in [3.8, 4) is 11.5 Å². The summed E-state index contributed by atoms with van der Waals surface area (Å²) in [7, 11) is 0. The van der Waals surface area contributed by atoms with Gasteiger partial charge < -0.3 is 20.5 Å². The number of carbonyl (C=O) groups excluding carboxylic acids is 1. The van der Waals surface area contributed by atoms with E-state index >= 15 is 0 Å². The molecule has 20 heavy (non-hydrogen) atoms. The largest absolute Gasteiger partial charge is 0.490 e. The number of primary amides is 1. The molecule has 5 nitrogen and oxygen atoms in total. The molecule has 0 saturated carbocycles. The van der Waals surface area contributed by atoms with Gasteiger partial charge in [-0.2, -0.15) is 0 Å². The van der Waals surface area contributed by atoms with Gasteiger partial charge in [0.2, 0.25) is 0 Å². The van der Waals surface area contributed by atoms with Gasteiger partial charge in [-0.3, -0.25) is 4.79 Å². The van der Waals surface area contributed by atoms with Crippen molar-refractivity contribution in [3.05, 3.63) is 23.8 Å². The lowest BCUT2D eigenvalue weighted by molar-refractivity contribution is -0.119. The average Bonchev–Trinajstić information content (AvgIpc) is 2.34. The van der Waals surface area contributed by atoms with E-state index in [0.29, 0.717) is 24.7 Å². The van der Waals surface area contributed by atoms with E-state index < -0.39 is 5.91 Å². The summed E-state index contributed by atoms with van der Waals surface area (Å²) in [6, 6.07) is 5.67. The van der Waals surface area contributed by atoms with E-state index in [1.807, 2.05) is 25.1 Å². The first kappa shape index (κ1) is 16.3. The van der Waals surface area contributed by atoms with E-state index in [9.17, 15) is 4.79 Å². The Hall–Kier alpha value is -1.75. The highest BCUT2D eigenvalue weighted by Crippen LogP contribution is 2.31. The Bertz CT molecular complexity index is 453. The zero-order valence-electron chi connectivity index (χ0n) is 12.7. The van der Waals surface area contributed by atoms with Crippen LogP contribution < -0.4 is 20.5 Å². The van der Waals surface area contributed by atoms with Crippen molar-refractivity contribution in [3.63, 3.8) is 0 Å². The number of nitrogens with two attached hydrogens (primary N) is 1. The maximum atomic E-state index is 10.9. The lowest BCUT2D eigenvalue weighted by Gasteiger charge is -2.22. The summed E-state index contributed by atoms with van der Waals surface area (Å²) < 4.78 is 11.0. The van der Waals surface area contributed by atoms with Gasteiger partial charge in [0, 0.05) is 17.6 Å². The molecule has 1 rings (SSSR count). The monoisotopic (exact) mass is 280 g/mol. The first-order chi connectivity index (χ1) is 9.33. The molecule has 0 heterocycles. The van der Waals surface area contributed by atoms with Crippen molar-refractivity contribution in [2.24, 2.45) is 5.73 Å². The molecule has 5 heteroatoms. The van der Waals surface area contributed by atoms with Gasteiger partial charge >= 0.3 is 0 Å². The van der Waals surface area contributed by atoms with Crippen LogP contribution in [0.2, 0.25) is 0 Å². The molecule has 1 aromatic carbocycles. The van der Waals surface area contributed by atoms with Gasteiger partial charge in [-0.15, -0.1) is 0 Å². The zero-order chi connectivity index (χ0) is 15.2. The Kier molecular flexibility index (Phi) is 5.82. The van der Waals surface area contributed by atoms with Crippen molar-refractivity contribution in [2.75, 3.05) is 13.2 Å². The summed E-state index contributed by atoms with van der Waals surface area (Å²) >= 11 is 0. The van der Waals surface area contributed by atoms with Crippen molar-refractivity contribution in [1.29, 1.82) is 0 Å². The molecule has 0 aliphatic carbocycles. The predicted molar refractivity (Wildman–Crippen MR) is 78.9 cm³/mol. The van der Waals surface area contributed by atoms with Crippen molar-refractivity contribution < 1.29 is 14.3 Å². The second-order valence-electron chi connectivity index (χ2n) is 5.54. The van der Waals surface area contributed by atoms with Gasteiger partial charge in [-0.1, -0.05) is 12.1 Å². The molecule has 0 bridgehead atoms. The first-order valence-corrected chi connectivity index (χ1v) is 6.74. The Morgan fingerprint density at radius 2 is 2.00 bits per heavy atom. The quantitative estimate of drug-likeness (QED) is 0.799. The lowest BCUT2D eigenvalue weighted by Crippen LogP contribution is -2.35. The van der Waals surface area contributed by atoms with E-state index in [1.54, 1.807) is 0 Å². The maximum Gasteiger partial charge on any atom is 0.255 e. The van der Waals surface area contributed by atoms with Gasteiger partial charge in [0.15, 0.2) is 18.1 Å². The first-order valence-electron chi connectivity index (χ1n) is 6.74. The number of hydrogen-bond donors (Lipinski definition) is 2.